The lowest BCUT2D eigenvalue weighted by Gasteiger charge is -2.06. The number of halogens is 1. The molecular weight excluding hydrogens is 288 g/mol. The number of hydrogen-bond donors (Lipinski definition) is 1. The summed E-state index contributed by atoms with van der Waals surface area (Å²) in [7, 11) is 1.57. The molecule has 2 aromatic carbocycles. The number of hydrogen-bond acceptors (Lipinski definition) is 3. The van der Waals surface area contributed by atoms with Crippen molar-refractivity contribution in [3.63, 3.8) is 0 Å². The second kappa shape index (κ2) is 5.22. The number of fused-ring (bicyclic) bond motifs is 1. The number of rotatable bonds is 2. The van der Waals surface area contributed by atoms with Gasteiger partial charge in [0.2, 0.25) is 0 Å². The number of nitrogens with zero attached hydrogens (tertiary/aromatic N) is 1. The molecule has 0 saturated heterocycles. The Kier molecular flexibility index (Phi) is 3.39. The van der Waals surface area contributed by atoms with Crippen molar-refractivity contribution < 1.29 is 9.53 Å². The number of methoxy groups -OCH3 is 1. The second-order valence-corrected chi connectivity index (χ2v) is 5.11. The number of para-hydroxylation sites is 2. The molecule has 21 heavy (non-hydrogen) atoms. The Hall–Kier alpha value is -2.33. The molecule has 106 valence electrons. The van der Waals surface area contributed by atoms with Crippen molar-refractivity contribution in [1.29, 1.82) is 0 Å². The van der Waals surface area contributed by atoms with Gasteiger partial charge in [-0.2, -0.15) is 0 Å². The normalized spacial score (nSPS) is 15.0. The highest BCUT2D eigenvalue weighted by Crippen LogP contribution is 2.35. The van der Waals surface area contributed by atoms with Gasteiger partial charge in [0.25, 0.3) is 5.91 Å². The van der Waals surface area contributed by atoms with Gasteiger partial charge in [0, 0.05) is 5.56 Å². The van der Waals surface area contributed by atoms with Crippen molar-refractivity contribution in [3.8, 4) is 5.75 Å². The van der Waals surface area contributed by atoms with Crippen LogP contribution in [0.2, 0.25) is 5.02 Å². The maximum absolute atomic E-state index is 12.2. The van der Waals surface area contributed by atoms with E-state index >= 15 is 0 Å². The minimum absolute atomic E-state index is 0.257. The highest BCUT2D eigenvalue weighted by molar-refractivity contribution is 6.57. The van der Waals surface area contributed by atoms with Crippen LogP contribution in [-0.2, 0) is 4.79 Å². The van der Waals surface area contributed by atoms with Crippen LogP contribution in [0.3, 0.4) is 0 Å². The highest BCUT2D eigenvalue weighted by atomic mass is 35.5. The predicted molar refractivity (Wildman–Crippen MR) is 84.0 cm³/mol. The quantitative estimate of drug-likeness (QED) is 0.918. The standard InChI is InChI=1S/C16H13ClN2O2/c1-9-7-8-10(17)13-14(9)19-16(20)15(13)18-11-5-3-4-6-12(11)21-2/h3-8H,1-2H3,(H,18,19,20). The number of benzene rings is 2. The van der Waals surface area contributed by atoms with E-state index in [4.69, 9.17) is 16.3 Å². The molecular formula is C16H13ClN2O2. The Balaban J connectivity index is 2.19. The van der Waals surface area contributed by atoms with Gasteiger partial charge in [0.15, 0.2) is 0 Å². The lowest BCUT2D eigenvalue weighted by Crippen LogP contribution is -2.14. The Bertz CT molecular complexity index is 769. The smallest absolute Gasteiger partial charge is 0.275 e. The molecule has 0 saturated carbocycles. The fourth-order valence-corrected chi connectivity index (χ4v) is 2.56. The molecule has 1 aliphatic rings. The molecule has 1 amide bonds. The third-order valence-electron chi connectivity index (χ3n) is 3.37. The molecule has 5 heteroatoms. The fraction of sp³-hybridized carbons (Fsp3) is 0.125. The van der Waals surface area contributed by atoms with Gasteiger partial charge < -0.3 is 10.1 Å². The topological polar surface area (TPSA) is 50.7 Å². The minimum Gasteiger partial charge on any atom is -0.494 e. The monoisotopic (exact) mass is 300 g/mol. The van der Waals surface area contributed by atoms with E-state index in [0.29, 0.717) is 27.7 Å². The number of nitrogens with one attached hydrogen (secondary N) is 1. The van der Waals surface area contributed by atoms with E-state index in [2.05, 4.69) is 10.3 Å². The Morgan fingerprint density at radius 3 is 2.71 bits per heavy atom. The van der Waals surface area contributed by atoms with Gasteiger partial charge >= 0.3 is 0 Å². The maximum atomic E-state index is 12.2. The number of carbonyl (C=O) groups excluding carboxylic acids is 1. The van der Waals surface area contributed by atoms with E-state index in [0.717, 1.165) is 11.3 Å². The van der Waals surface area contributed by atoms with Gasteiger partial charge in [-0.1, -0.05) is 29.8 Å². The summed E-state index contributed by atoms with van der Waals surface area (Å²) in [6, 6.07) is 10.9. The molecule has 0 fully saturated rings. The largest absolute Gasteiger partial charge is 0.494 e. The molecule has 0 atom stereocenters. The molecule has 2 aromatic rings. The number of carbonyl (C=O) groups is 1. The van der Waals surface area contributed by atoms with E-state index < -0.39 is 0 Å². The molecule has 0 aromatic heterocycles. The molecule has 0 spiro atoms. The fourth-order valence-electron chi connectivity index (χ4n) is 2.31. The first-order valence-corrected chi connectivity index (χ1v) is 6.82. The number of aliphatic imine (C=N–C) groups is 1. The Morgan fingerprint density at radius 1 is 1.19 bits per heavy atom. The molecule has 0 radical (unpaired) electrons. The zero-order valence-electron chi connectivity index (χ0n) is 11.6. The van der Waals surface area contributed by atoms with Gasteiger partial charge in [-0.05, 0) is 30.7 Å². The summed E-state index contributed by atoms with van der Waals surface area (Å²) in [6.45, 7) is 1.92. The molecule has 1 N–H and O–H groups in total. The first-order valence-electron chi connectivity index (χ1n) is 6.44. The van der Waals surface area contributed by atoms with Crippen LogP contribution in [0, 0.1) is 6.92 Å². The second-order valence-electron chi connectivity index (χ2n) is 4.70. The lowest BCUT2D eigenvalue weighted by molar-refractivity contribution is -0.110. The van der Waals surface area contributed by atoms with Crippen molar-refractivity contribution in [3.05, 3.63) is 52.5 Å². The van der Waals surface area contributed by atoms with Crippen LogP contribution in [0.5, 0.6) is 5.75 Å². The van der Waals surface area contributed by atoms with Crippen LogP contribution in [0.4, 0.5) is 11.4 Å². The van der Waals surface area contributed by atoms with Gasteiger partial charge in [-0.15, -0.1) is 0 Å². The number of aryl methyl sites for hydroxylation is 1. The molecule has 1 aliphatic heterocycles. The minimum atomic E-state index is -0.257. The lowest BCUT2D eigenvalue weighted by atomic mass is 10.1. The zero-order valence-corrected chi connectivity index (χ0v) is 12.4. The van der Waals surface area contributed by atoms with Crippen molar-refractivity contribution in [1.82, 2.24) is 0 Å². The summed E-state index contributed by atoms with van der Waals surface area (Å²) in [5.74, 6) is 0.349. The van der Waals surface area contributed by atoms with Crippen LogP contribution in [-0.4, -0.2) is 18.7 Å². The predicted octanol–water partition coefficient (Wildman–Crippen LogP) is 3.73. The molecule has 1 heterocycles. The van der Waals surface area contributed by atoms with E-state index in [9.17, 15) is 4.79 Å². The molecule has 0 aliphatic carbocycles. The van der Waals surface area contributed by atoms with Crippen molar-refractivity contribution >= 4 is 34.6 Å². The molecule has 4 nitrogen and oxygen atoms in total. The van der Waals surface area contributed by atoms with Crippen LogP contribution in [0.25, 0.3) is 0 Å². The van der Waals surface area contributed by atoms with Crippen LogP contribution in [0.15, 0.2) is 41.4 Å². The number of ether oxygens (including phenoxy) is 1. The van der Waals surface area contributed by atoms with E-state index in [1.165, 1.54) is 0 Å². The Morgan fingerprint density at radius 2 is 1.95 bits per heavy atom. The molecule has 3 rings (SSSR count). The van der Waals surface area contributed by atoms with Crippen molar-refractivity contribution in [2.75, 3.05) is 12.4 Å². The van der Waals surface area contributed by atoms with Gasteiger partial charge in [0.1, 0.15) is 17.1 Å². The van der Waals surface area contributed by atoms with Gasteiger partial charge in [0.05, 0.1) is 17.8 Å². The summed E-state index contributed by atoms with van der Waals surface area (Å²) in [5, 5.41) is 3.32. The number of anilines is 1. The van der Waals surface area contributed by atoms with Crippen molar-refractivity contribution in [2.24, 2.45) is 4.99 Å². The van der Waals surface area contributed by atoms with Crippen LogP contribution >= 0.6 is 11.6 Å². The van der Waals surface area contributed by atoms with Crippen LogP contribution < -0.4 is 10.1 Å². The van der Waals surface area contributed by atoms with E-state index in [-0.39, 0.29) is 5.91 Å². The molecule has 0 unspecified atom stereocenters. The van der Waals surface area contributed by atoms with Crippen LogP contribution in [0.1, 0.15) is 11.1 Å². The summed E-state index contributed by atoms with van der Waals surface area (Å²) >= 11 is 6.24. The van der Waals surface area contributed by atoms with E-state index in [1.807, 2.05) is 25.1 Å². The highest BCUT2D eigenvalue weighted by Gasteiger charge is 2.30. The SMILES string of the molecule is COc1ccccc1N=C1C(=O)Nc2c(C)ccc(Cl)c21. The zero-order chi connectivity index (χ0) is 15.0. The summed E-state index contributed by atoms with van der Waals surface area (Å²) in [4.78, 5) is 16.6. The third-order valence-corrected chi connectivity index (χ3v) is 3.69. The Labute approximate surface area is 127 Å². The summed E-state index contributed by atoms with van der Waals surface area (Å²) in [6.07, 6.45) is 0. The van der Waals surface area contributed by atoms with Gasteiger partial charge in [-0.3, -0.25) is 4.79 Å². The molecule has 0 bridgehead atoms. The first-order chi connectivity index (χ1) is 10.1. The number of amides is 1. The summed E-state index contributed by atoms with van der Waals surface area (Å²) < 4.78 is 5.26. The third kappa shape index (κ3) is 2.28. The average Bonchev–Trinajstić information content (AvgIpc) is 2.82. The first kappa shape index (κ1) is 13.6. The maximum Gasteiger partial charge on any atom is 0.275 e. The summed E-state index contributed by atoms with van der Waals surface area (Å²) in [5.41, 5.74) is 3.22. The van der Waals surface area contributed by atoms with Crippen molar-refractivity contribution in [2.45, 2.75) is 6.92 Å². The van der Waals surface area contributed by atoms with E-state index in [1.54, 1.807) is 25.3 Å². The van der Waals surface area contributed by atoms with Gasteiger partial charge in [-0.25, -0.2) is 4.99 Å². The average molecular weight is 301 g/mol.